The summed E-state index contributed by atoms with van der Waals surface area (Å²) in [6, 6.07) is 9.46. The van der Waals surface area contributed by atoms with Crippen LogP contribution in [-0.2, 0) is 0 Å². The summed E-state index contributed by atoms with van der Waals surface area (Å²) in [5, 5.41) is 10.1. The van der Waals surface area contributed by atoms with E-state index in [-0.39, 0.29) is 12.6 Å². The molecule has 0 saturated heterocycles. The van der Waals surface area contributed by atoms with Gasteiger partial charge in [0.15, 0.2) is 6.17 Å². The number of aliphatic hydroxyl groups is 1. The van der Waals surface area contributed by atoms with Crippen molar-refractivity contribution >= 4 is 23.8 Å². The van der Waals surface area contributed by atoms with E-state index in [2.05, 4.69) is 9.98 Å². The van der Waals surface area contributed by atoms with Crippen LogP contribution in [0.25, 0.3) is 0 Å². The zero-order valence-electron chi connectivity index (χ0n) is 11.3. The van der Waals surface area contributed by atoms with Crippen LogP contribution in [0.4, 0.5) is 5.82 Å². The van der Waals surface area contributed by atoms with Crippen LogP contribution >= 0.6 is 11.6 Å². The van der Waals surface area contributed by atoms with Gasteiger partial charge in [-0.25, -0.2) is 4.99 Å². The van der Waals surface area contributed by atoms with Gasteiger partial charge in [-0.1, -0.05) is 23.7 Å². The number of hydrogen-bond acceptors (Lipinski definition) is 4. The van der Waals surface area contributed by atoms with E-state index in [9.17, 15) is 5.11 Å². The molecule has 0 spiro atoms. The number of hydrogen-bond donors (Lipinski definition) is 3. The predicted octanol–water partition coefficient (Wildman–Crippen LogP) is 2.44. The molecule has 0 unspecified atom stereocenters. The molecule has 3 rings (SSSR count). The number of rotatable bonds is 4. The van der Waals surface area contributed by atoms with Crippen molar-refractivity contribution in [2.24, 2.45) is 10.7 Å². The maximum atomic E-state index is 9.40. The summed E-state index contributed by atoms with van der Waals surface area (Å²) in [5.74, 6) is 0.885. The summed E-state index contributed by atoms with van der Waals surface area (Å²) in [4.78, 5) is 9.41. The topological polar surface area (TPSA) is 77.6 Å². The molecule has 0 aliphatic carbocycles. The Kier molecular flexibility index (Phi) is 3.96. The van der Waals surface area contributed by atoms with Crippen molar-refractivity contribution in [1.82, 2.24) is 4.98 Å². The van der Waals surface area contributed by atoms with Gasteiger partial charge in [-0.2, -0.15) is 0 Å². The molecule has 0 fully saturated rings. The first kappa shape index (κ1) is 14.1. The van der Waals surface area contributed by atoms with Crippen LogP contribution in [0, 0.1) is 6.17 Å². The van der Waals surface area contributed by atoms with E-state index in [0.29, 0.717) is 17.6 Å². The number of aromatic nitrogens is 1. The first-order valence-electron chi connectivity index (χ1n) is 6.69. The van der Waals surface area contributed by atoms with Gasteiger partial charge in [0.2, 0.25) is 0 Å². The van der Waals surface area contributed by atoms with Gasteiger partial charge in [0.25, 0.3) is 0 Å². The maximum absolute atomic E-state index is 9.40. The summed E-state index contributed by atoms with van der Waals surface area (Å²) in [5.41, 5.74) is 7.82. The average molecular weight is 304 g/mol. The molecule has 21 heavy (non-hydrogen) atoms. The molecular formula is C15H16ClN4O. The normalized spacial score (nSPS) is 16.0. The van der Waals surface area contributed by atoms with Crippen molar-refractivity contribution in [3.05, 3.63) is 58.8 Å². The molecule has 5 nitrogen and oxygen atoms in total. The van der Waals surface area contributed by atoms with E-state index >= 15 is 0 Å². The fourth-order valence-electron chi connectivity index (χ4n) is 2.54. The minimum Gasteiger partial charge on any atom is -0.396 e. The molecule has 109 valence electrons. The van der Waals surface area contributed by atoms with Gasteiger partial charge in [0, 0.05) is 23.4 Å². The Hall–Kier alpha value is -1.82. The molecule has 1 aliphatic rings. The Morgan fingerprint density at radius 1 is 1.29 bits per heavy atom. The first-order chi connectivity index (χ1) is 10.2. The number of halogens is 1. The molecule has 2 aromatic rings. The largest absolute Gasteiger partial charge is 0.396 e. The molecule has 1 aromatic carbocycles. The lowest BCUT2D eigenvalue weighted by Gasteiger charge is -2.32. The summed E-state index contributed by atoms with van der Waals surface area (Å²) in [7, 11) is 0. The minimum absolute atomic E-state index is 0.0403. The van der Waals surface area contributed by atoms with E-state index in [1.807, 2.05) is 41.4 Å². The van der Waals surface area contributed by atoms with Crippen molar-refractivity contribution in [2.75, 3.05) is 11.5 Å². The Morgan fingerprint density at radius 2 is 2.05 bits per heavy atom. The molecule has 1 radical (unpaired) electrons. The molecule has 6 heteroatoms. The summed E-state index contributed by atoms with van der Waals surface area (Å²) >= 11 is 5.95. The lowest BCUT2D eigenvalue weighted by molar-refractivity contribution is 0.276. The molecule has 0 bridgehead atoms. The van der Waals surface area contributed by atoms with Crippen molar-refractivity contribution in [3.8, 4) is 0 Å². The number of anilines is 1. The number of aliphatic imine (C=N–C) groups is 1. The van der Waals surface area contributed by atoms with Crippen LogP contribution in [0.2, 0.25) is 5.02 Å². The highest BCUT2D eigenvalue weighted by Crippen LogP contribution is 2.35. The van der Waals surface area contributed by atoms with Crippen LogP contribution in [0.5, 0.6) is 0 Å². The minimum atomic E-state index is -0.0403. The highest BCUT2D eigenvalue weighted by atomic mass is 35.5. The van der Waals surface area contributed by atoms with E-state index in [4.69, 9.17) is 17.3 Å². The summed E-state index contributed by atoms with van der Waals surface area (Å²) < 4.78 is 0. The second-order valence-corrected chi connectivity index (χ2v) is 5.29. The van der Waals surface area contributed by atoms with Gasteiger partial charge >= 0.3 is 0 Å². The van der Waals surface area contributed by atoms with Crippen LogP contribution < -0.4 is 10.6 Å². The van der Waals surface area contributed by atoms with Crippen LogP contribution in [-0.4, -0.2) is 23.0 Å². The third-order valence-corrected chi connectivity index (χ3v) is 3.83. The number of nitrogens with two attached hydrogens (primary N) is 1. The lowest BCUT2D eigenvalue weighted by atomic mass is 10.0. The molecule has 0 saturated carbocycles. The number of nitrogens with one attached hydrogen (secondary N) is 1. The number of nitrogens with zero attached hydrogens (tertiary/aromatic N) is 2. The van der Waals surface area contributed by atoms with E-state index < -0.39 is 0 Å². The van der Waals surface area contributed by atoms with Crippen LogP contribution in [0.1, 0.15) is 23.6 Å². The molecule has 1 aromatic heterocycles. The van der Waals surface area contributed by atoms with Gasteiger partial charge in [-0.15, -0.1) is 0 Å². The van der Waals surface area contributed by atoms with E-state index in [0.717, 1.165) is 16.9 Å². The average Bonchev–Trinajstić information content (AvgIpc) is 2.97. The van der Waals surface area contributed by atoms with Crippen molar-refractivity contribution in [2.45, 2.75) is 12.5 Å². The Balaban J connectivity index is 1.98. The van der Waals surface area contributed by atoms with Gasteiger partial charge in [-0.05, 0) is 30.2 Å². The van der Waals surface area contributed by atoms with Gasteiger partial charge in [0.05, 0.1) is 12.4 Å². The zero-order valence-corrected chi connectivity index (χ0v) is 12.1. The number of fused-ring (bicyclic) bond motifs is 1. The van der Waals surface area contributed by atoms with Crippen molar-refractivity contribution in [1.29, 1.82) is 0 Å². The standard InChI is InChI=1S/C15H16ClN4O/c16-11-3-1-10(2-4-11)13(6-8-21)20-9-19-14(17)12-5-7-18-15(12)20/h1-5,7,9,13,18,21H,6,8,17H2/t13-/m0/s1. The van der Waals surface area contributed by atoms with Gasteiger partial charge < -0.3 is 15.0 Å². The SMILES string of the molecule is N[C]1N=CN([C@@H](CCO)c2ccc(Cl)cc2)c2[nH]ccc21. The van der Waals surface area contributed by atoms with Crippen molar-refractivity contribution in [3.63, 3.8) is 0 Å². The Labute approximate surface area is 128 Å². The molecular weight excluding hydrogens is 288 g/mol. The third-order valence-electron chi connectivity index (χ3n) is 3.57. The fourth-order valence-corrected chi connectivity index (χ4v) is 2.67. The summed E-state index contributed by atoms with van der Waals surface area (Å²) in [6.07, 6.45) is 4.59. The molecule has 1 aliphatic heterocycles. The Morgan fingerprint density at radius 3 is 2.76 bits per heavy atom. The Bertz CT molecular complexity index is 637. The molecule has 2 heterocycles. The highest BCUT2D eigenvalue weighted by Gasteiger charge is 2.27. The van der Waals surface area contributed by atoms with Gasteiger partial charge in [-0.3, -0.25) is 5.73 Å². The second-order valence-electron chi connectivity index (χ2n) is 4.86. The molecule has 4 N–H and O–H groups in total. The smallest absolute Gasteiger partial charge is 0.182 e. The highest BCUT2D eigenvalue weighted by molar-refractivity contribution is 6.30. The van der Waals surface area contributed by atoms with Gasteiger partial charge in [0.1, 0.15) is 5.82 Å². The quantitative estimate of drug-likeness (QED) is 0.812. The predicted molar refractivity (Wildman–Crippen MR) is 84.2 cm³/mol. The van der Waals surface area contributed by atoms with E-state index in [1.165, 1.54) is 0 Å². The second kappa shape index (κ2) is 5.89. The number of aromatic amines is 1. The fraction of sp³-hybridized carbons (Fsp3) is 0.200. The van der Waals surface area contributed by atoms with Crippen LogP contribution in [0.15, 0.2) is 41.5 Å². The van der Waals surface area contributed by atoms with Crippen LogP contribution in [0.3, 0.4) is 0 Å². The third kappa shape index (κ3) is 2.68. The monoisotopic (exact) mass is 303 g/mol. The lowest BCUT2D eigenvalue weighted by Crippen LogP contribution is -2.33. The van der Waals surface area contributed by atoms with Crippen molar-refractivity contribution < 1.29 is 5.11 Å². The van der Waals surface area contributed by atoms with E-state index in [1.54, 1.807) is 6.34 Å². The number of aliphatic hydroxyl groups excluding tert-OH is 1. The summed E-state index contributed by atoms with van der Waals surface area (Å²) in [6.45, 7) is 0.0763. The zero-order chi connectivity index (χ0) is 14.8. The number of benzene rings is 1. The molecule has 1 atom stereocenters. The number of H-pyrrole nitrogens is 1. The molecule has 0 amide bonds. The maximum Gasteiger partial charge on any atom is 0.182 e. The first-order valence-corrected chi connectivity index (χ1v) is 7.07.